The standard InChI is InChI=1S/C35H20O4/c36-33(37)35(34(38)39)31-15-7-13-5-11-3-9-1-2-10-4-12-6-14-8-16(32(31)35)24-23(15)27-21(13)19(11)25-17(9)18(10)26-20(12)22(14)28(24)30(27)29(25)26/h3-4,7-8,21-22,27-28,31-32H,1-2,5-6H2,(H,36,37)(H,38,39). The molecule has 0 heterocycles. The van der Waals surface area contributed by atoms with Gasteiger partial charge in [0, 0.05) is 35.5 Å². The van der Waals surface area contributed by atoms with Crippen molar-refractivity contribution in [2.24, 2.45) is 29.1 Å². The molecule has 184 valence electrons. The molecule has 6 unspecified atom stereocenters. The third-order valence-corrected chi connectivity index (χ3v) is 13.1. The van der Waals surface area contributed by atoms with Crippen LogP contribution in [0.25, 0.3) is 16.7 Å². The Morgan fingerprint density at radius 1 is 0.667 bits per heavy atom. The van der Waals surface area contributed by atoms with Gasteiger partial charge in [-0.15, -0.1) is 0 Å². The molecule has 0 amide bonds. The lowest BCUT2D eigenvalue weighted by Crippen LogP contribution is -2.31. The third kappa shape index (κ3) is 1.39. The highest BCUT2D eigenvalue weighted by Gasteiger charge is 2.80. The van der Waals surface area contributed by atoms with Crippen LogP contribution in [0.3, 0.4) is 0 Å². The number of carboxylic acid groups (broad SMARTS) is 2. The molecule has 2 saturated carbocycles. The van der Waals surface area contributed by atoms with Crippen molar-refractivity contribution in [1.29, 1.82) is 0 Å². The van der Waals surface area contributed by atoms with Crippen LogP contribution < -0.4 is 0 Å². The van der Waals surface area contributed by atoms with Crippen LogP contribution in [0.4, 0.5) is 0 Å². The zero-order valence-electron chi connectivity index (χ0n) is 20.8. The zero-order chi connectivity index (χ0) is 25.2. The second-order valence-corrected chi connectivity index (χ2v) is 13.9. The summed E-state index contributed by atoms with van der Waals surface area (Å²) in [5.74, 6) is -2.10. The number of hydrogen-bond acceptors (Lipinski definition) is 2. The van der Waals surface area contributed by atoms with E-state index in [1.807, 2.05) is 0 Å². The molecule has 0 saturated heterocycles. The number of rotatable bonds is 2. The SMILES string of the molecule is O=C(O)C1(C(=O)O)C2C3=C4C5=C(C=C6Cc7cc8c9c%10c7C6C5C5=C%10c6c-9c(cc7c6C(C(=C3)C7)C45)CC8)C21. The average Bonchev–Trinajstić information content (AvgIpc) is 3.19. The smallest absolute Gasteiger partial charge is 0.322 e. The van der Waals surface area contributed by atoms with Crippen molar-refractivity contribution in [3.05, 3.63) is 108 Å². The van der Waals surface area contributed by atoms with E-state index in [2.05, 4.69) is 24.3 Å². The Morgan fingerprint density at radius 2 is 1.15 bits per heavy atom. The topological polar surface area (TPSA) is 74.6 Å². The number of allylic oxidation sites excluding steroid dienone is 9. The van der Waals surface area contributed by atoms with Crippen molar-refractivity contribution < 1.29 is 19.8 Å². The predicted molar refractivity (Wildman–Crippen MR) is 140 cm³/mol. The van der Waals surface area contributed by atoms with Crippen molar-refractivity contribution >= 4 is 17.5 Å². The summed E-state index contributed by atoms with van der Waals surface area (Å²) in [6.07, 6.45) is 8.67. The lowest BCUT2D eigenvalue weighted by molar-refractivity contribution is -0.158. The highest BCUT2D eigenvalue weighted by Crippen LogP contribution is 2.81. The molecule has 2 aromatic rings. The van der Waals surface area contributed by atoms with E-state index in [0.29, 0.717) is 11.8 Å². The largest absolute Gasteiger partial charge is 0.480 e. The zero-order valence-corrected chi connectivity index (χ0v) is 20.8. The molecule has 4 nitrogen and oxygen atoms in total. The predicted octanol–water partition coefficient (Wildman–Crippen LogP) is 5.01. The summed E-state index contributed by atoms with van der Waals surface area (Å²) in [5.41, 5.74) is 24.3. The average molecular weight is 505 g/mol. The van der Waals surface area contributed by atoms with Crippen LogP contribution in [0, 0.1) is 29.1 Å². The molecule has 2 N–H and O–H groups in total. The molecule has 11 aliphatic carbocycles. The second-order valence-electron chi connectivity index (χ2n) is 13.9. The first kappa shape index (κ1) is 18.4. The van der Waals surface area contributed by atoms with Gasteiger partial charge in [0.1, 0.15) is 0 Å². The van der Waals surface area contributed by atoms with Crippen LogP contribution in [0.1, 0.15) is 56.3 Å². The molecule has 0 aliphatic heterocycles. The molecule has 0 radical (unpaired) electrons. The van der Waals surface area contributed by atoms with Gasteiger partial charge in [-0.1, -0.05) is 35.4 Å². The Labute approximate surface area is 222 Å². The van der Waals surface area contributed by atoms with Crippen LogP contribution in [0.15, 0.2) is 63.3 Å². The number of hydrogen-bond donors (Lipinski definition) is 2. The molecule has 2 aromatic carbocycles. The van der Waals surface area contributed by atoms with Gasteiger partial charge >= 0.3 is 11.9 Å². The minimum Gasteiger partial charge on any atom is -0.480 e. The minimum atomic E-state index is -1.75. The van der Waals surface area contributed by atoms with E-state index in [4.69, 9.17) is 0 Å². The van der Waals surface area contributed by atoms with E-state index in [1.165, 1.54) is 44.5 Å². The molecular formula is C35H20O4. The number of carbonyl (C=O) groups is 2. The monoisotopic (exact) mass is 504 g/mol. The van der Waals surface area contributed by atoms with Gasteiger partial charge in [0.25, 0.3) is 0 Å². The fourth-order valence-electron chi connectivity index (χ4n) is 12.3. The van der Waals surface area contributed by atoms with Gasteiger partial charge in [-0.05, 0) is 115 Å². The third-order valence-electron chi connectivity index (χ3n) is 13.1. The van der Waals surface area contributed by atoms with Gasteiger partial charge in [0.05, 0.1) is 0 Å². The first-order valence-electron chi connectivity index (χ1n) is 14.5. The number of fused-ring (bicyclic) bond motifs is 3. The first-order valence-corrected chi connectivity index (χ1v) is 14.5. The maximum absolute atomic E-state index is 12.8. The quantitative estimate of drug-likeness (QED) is 0.482. The van der Waals surface area contributed by atoms with Crippen molar-refractivity contribution in [2.75, 3.05) is 0 Å². The first-order chi connectivity index (χ1) is 19.0. The Bertz CT molecular complexity index is 1960. The number of aryl methyl sites for hydroxylation is 2. The summed E-state index contributed by atoms with van der Waals surface area (Å²) in [5, 5.41) is 21.0. The van der Waals surface area contributed by atoms with Gasteiger partial charge in [-0.2, -0.15) is 0 Å². The van der Waals surface area contributed by atoms with Gasteiger partial charge in [-0.3, -0.25) is 9.59 Å². The summed E-state index contributed by atoms with van der Waals surface area (Å²) in [6.45, 7) is 0. The fraction of sp³-hybridized carbons (Fsp3) is 0.314. The van der Waals surface area contributed by atoms with E-state index in [0.717, 1.165) is 36.8 Å². The van der Waals surface area contributed by atoms with Crippen molar-refractivity contribution in [3.8, 4) is 11.1 Å². The summed E-state index contributed by atoms with van der Waals surface area (Å²) < 4.78 is 0. The van der Waals surface area contributed by atoms with Crippen molar-refractivity contribution in [3.63, 3.8) is 0 Å². The molecule has 6 atom stereocenters. The summed E-state index contributed by atoms with van der Waals surface area (Å²) in [4.78, 5) is 25.7. The number of carboxylic acids is 2. The highest BCUT2D eigenvalue weighted by atomic mass is 16.4. The van der Waals surface area contributed by atoms with Crippen LogP contribution >= 0.6 is 0 Å². The lowest BCUT2D eigenvalue weighted by Gasteiger charge is -2.40. The summed E-state index contributed by atoms with van der Waals surface area (Å²) in [6, 6.07) is 5.03. The normalized spacial score (nSPS) is 35.9. The van der Waals surface area contributed by atoms with Gasteiger partial charge in [-0.25, -0.2) is 0 Å². The maximum atomic E-state index is 12.8. The van der Waals surface area contributed by atoms with E-state index in [9.17, 15) is 19.8 Å². The molecule has 39 heavy (non-hydrogen) atoms. The fourth-order valence-corrected chi connectivity index (χ4v) is 12.3. The maximum Gasteiger partial charge on any atom is 0.322 e. The summed E-state index contributed by atoms with van der Waals surface area (Å²) in [7, 11) is 0. The summed E-state index contributed by atoms with van der Waals surface area (Å²) >= 11 is 0. The van der Waals surface area contributed by atoms with Crippen LogP contribution in [0.2, 0.25) is 0 Å². The van der Waals surface area contributed by atoms with Crippen molar-refractivity contribution in [2.45, 2.75) is 37.5 Å². The minimum absolute atomic E-state index is 0.250. The highest BCUT2D eigenvalue weighted by molar-refractivity contribution is 6.12. The van der Waals surface area contributed by atoms with Gasteiger partial charge in [0.2, 0.25) is 0 Å². The Morgan fingerprint density at radius 3 is 1.62 bits per heavy atom. The molecule has 0 bridgehead atoms. The molecule has 0 aromatic heterocycles. The molecule has 13 rings (SSSR count). The van der Waals surface area contributed by atoms with Crippen molar-refractivity contribution in [1.82, 2.24) is 0 Å². The van der Waals surface area contributed by atoms with E-state index in [1.54, 1.807) is 44.5 Å². The molecule has 4 heteroatoms. The molecule has 11 aliphatic rings. The molecular weight excluding hydrogens is 484 g/mol. The number of benzene rings is 2. The van der Waals surface area contributed by atoms with Gasteiger partial charge < -0.3 is 10.2 Å². The second kappa shape index (κ2) is 4.81. The Hall–Kier alpha value is -3.92. The van der Waals surface area contributed by atoms with Gasteiger partial charge in [0.15, 0.2) is 5.41 Å². The Kier molecular flexibility index (Phi) is 2.27. The molecule has 2 fully saturated rings. The number of aliphatic carboxylic acids is 2. The lowest BCUT2D eigenvalue weighted by atomic mass is 9.62. The van der Waals surface area contributed by atoms with E-state index >= 15 is 0 Å². The molecule has 0 spiro atoms. The van der Waals surface area contributed by atoms with E-state index < -0.39 is 29.2 Å². The van der Waals surface area contributed by atoms with Crippen LogP contribution in [0.5, 0.6) is 0 Å². The Balaban J connectivity index is 1.28. The van der Waals surface area contributed by atoms with Crippen LogP contribution in [-0.2, 0) is 35.3 Å². The van der Waals surface area contributed by atoms with Crippen LogP contribution in [-0.4, -0.2) is 22.2 Å². The van der Waals surface area contributed by atoms with E-state index in [-0.39, 0.29) is 11.8 Å².